The molecule has 0 saturated heterocycles. The minimum atomic E-state index is -0.785. The van der Waals surface area contributed by atoms with Crippen LogP contribution in [0.1, 0.15) is 342 Å². The van der Waals surface area contributed by atoms with Crippen LogP contribution in [0.4, 0.5) is 0 Å². The highest BCUT2D eigenvalue weighted by Gasteiger charge is 2.24. The monoisotopic (exact) mass is 972 g/mol. The molecule has 0 bridgehead atoms. The summed E-state index contributed by atoms with van der Waals surface area (Å²) in [5, 5.41) is 24.0. The number of aliphatic hydroxyl groups is 2. The first-order chi connectivity index (χ1) is 34.0. The molecule has 0 aliphatic carbocycles. The third-order valence-electron chi connectivity index (χ3n) is 14.5. The maximum absolute atomic E-state index is 13.3. The minimum absolute atomic E-state index is 0.0827. The number of carbonyl (C=O) groups excluding carboxylic acids is 2. The Hall–Kier alpha value is -1.66. The number of esters is 1. The van der Waals surface area contributed by atoms with Crippen molar-refractivity contribution in [3.05, 3.63) is 24.3 Å². The van der Waals surface area contributed by atoms with E-state index in [1.807, 2.05) is 0 Å². The Morgan fingerprint density at radius 2 is 0.739 bits per heavy atom. The first-order valence-electron chi connectivity index (χ1n) is 31.1. The standard InChI is InChI=1S/C63H121NO5/c1-4-7-10-13-16-19-22-25-28-30-31-33-35-38-41-44-47-50-53-56-63(68)69-59(54-51-48-45-42-39-36-27-24-21-18-15-12-9-6-3)57-62(67)64-60(58-65)61(66)55-52-49-46-43-40-37-34-32-29-26-23-20-17-14-11-8-5-2/h16,19,25,28,59-61,65-66H,4-15,17-18,20-24,26-27,29-58H2,1-3H3,(H,64,67)/b19-16-,28-25-. The van der Waals surface area contributed by atoms with Gasteiger partial charge in [0.2, 0.25) is 5.91 Å². The summed E-state index contributed by atoms with van der Waals surface area (Å²) in [6.45, 7) is 6.51. The largest absolute Gasteiger partial charge is 0.462 e. The molecule has 0 aromatic carbocycles. The van der Waals surface area contributed by atoms with Crippen molar-refractivity contribution >= 4 is 11.9 Å². The Labute approximate surface area is 431 Å². The summed E-state index contributed by atoms with van der Waals surface area (Å²) < 4.78 is 5.98. The SMILES string of the molecule is CCCCC/C=C\C/C=C\CCCCCCCCCCCC(=O)OC(CCCCCCCCCCCCCCCC)CC(=O)NC(CO)C(O)CCCCCCCCCCCCCCCCCCC. The predicted octanol–water partition coefficient (Wildman–Crippen LogP) is 19.4. The van der Waals surface area contributed by atoms with E-state index in [9.17, 15) is 19.8 Å². The molecule has 69 heavy (non-hydrogen) atoms. The molecule has 0 aliphatic heterocycles. The maximum Gasteiger partial charge on any atom is 0.306 e. The van der Waals surface area contributed by atoms with Crippen LogP contribution in [0.5, 0.6) is 0 Å². The smallest absolute Gasteiger partial charge is 0.306 e. The summed E-state index contributed by atoms with van der Waals surface area (Å²) in [6.07, 6.45) is 68.2. The van der Waals surface area contributed by atoms with Crippen molar-refractivity contribution in [2.45, 2.75) is 360 Å². The zero-order valence-corrected chi connectivity index (χ0v) is 46.7. The van der Waals surface area contributed by atoms with E-state index in [0.717, 1.165) is 51.4 Å². The molecule has 1 amide bonds. The van der Waals surface area contributed by atoms with Crippen LogP contribution in [0.2, 0.25) is 0 Å². The number of hydrogen-bond donors (Lipinski definition) is 3. The molecule has 0 aromatic heterocycles. The third kappa shape index (κ3) is 52.5. The average molecular weight is 973 g/mol. The zero-order chi connectivity index (χ0) is 50.2. The van der Waals surface area contributed by atoms with Gasteiger partial charge in [0.25, 0.3) is 0 Å². The van der Waals surface area contributed by atoms with Crippen molar-refractivity contribution in [2.75, 3.05) is 6.61 Å². The second kappa shape index (κ2) is 57.2. The van der Waals surface area contributed by atoms with Crippen LogP contribution in [0, 0.1) is 0 Å². The van der Waals surface area contributed by atoms with E-state index in [1.54, 1.807) is 0 Å². The van der Waals surface area contributed by atoms with E-state index in [2.05, 4.69) is 50.4 Å². The topological polar surface area (TPSA) is 95.9 Å². The fraction of sp³-hybridized carbons (Fsp3) is 0.905. The highest BCUT2D eigenvalue weighted by atomic mass is 16.5. The molecule has 6 heteroatoms. The molecule has 0 saturated carbocycles. The Bertz CT molecular complexity index is 1090. The van der Waals surface area contributed by atoms with Crippen molar-refractivity contribution in [3.8, 4) is 0 Å². The number of amides is 1. The Morgan fingerprint density at radius 1 is 0.420 bits per heavy atom. The quantitative estimate of drug-likeness (QED) is 0.0321. The van der Waals surface area contributed by atoms with Crippen molar-refractivity contribution in [1.29, 1.82) is 0 Å². The van der Waals surface area contributed by atoms with E-state index in [1.165, 1.54) is 244 Å². The van der Waals surface area contributed by atoms with Crippen LogP contribution in [-0.2, 0) is 14.3 Å². The molecule has 0 aliphatic rings. The number of rotatable bonds is 57. The van der Waals surface area contributed by atoms with Gasteiger partial charge < -0.3 is 20.3 Å². The van der Waals surface area contributed by atoms with Gasteiger partial charge in [-0.2, -0.15) is 0 Å². The summed E-state index contributed by atoms with van der Waals surface area (Å²) in [5.41, 5.74) is 0. The number of hydrogen-bond acceptors (Lipinski definition) is 5. The fourth-order valence-electron chi connectivity index (χ4n) is 9.82. The first-order valence-corrected chi connectivity index (χ1v) is 31.1. The van der Waals surface area contributed by atoms with Gasteiger partial charge in [-0.25, -0.2) is 0 Å². The molecule has 408 valence electrons. The summed E-state index contributed by atoms with van der Waals surface area (Å²) in [7, 11) is 0. The lowest BCUT2D eigenvalue weighted by Crippen LogP contribution is -2.46. The van der Waals surface area contributed by atoms with Gasteiger partial charge in [-0.1, -0.05) is 295 Å². The summed E-state index contributed by atoms with van der Waals surface area (Å²) in [6, 6.07) is -0.699. The van der Waals surface area contributed by atoms with Crippen LogP contribution < -0.4 is 5.32 Å². The van der Waals surface area contributed by atoms with Crippen molar-refractivity contribution in [3.63, 3.8) is 0 Å². The summed E-state index contributed by atoms with van der Waals surface area (Å²) >= 11 is 0. The molecular weight excluding hydrogens is 851 g/mol. The van der Waals surface area contributed by atoms with Crippen LogP contribution in [-0.4, -0.2) is 46.9 Å². The number of aliphatic hydroxyl groups excluding tert-OH is 2. The predicted molar refractivity (Wildman–Crippen MR) is 301 cm³/mol. The van der Waals surface area contributed by atoms with Crippen molar-refractivity contribution in [1.82, 2.24) is 5.32 Å². The molecule has 0 heterocycles. The van der Waals surface area contributed by atoms with Gasteiger partial charge in [-0.15, -0.1) is 0 Å². The van der Waals surface area contributed by atoms with Crippen LogP contribution in [0.3, 0.4) is 0 Å². The Kier molecular flexibility index (Phi) is 55.9. The van der Waals surface area contributed by atoms with Crippen molar-refractivity contribution in [2.24, 2.45) is 0 Å². The average Bonchev–Trinajstić information content (AvgIpc) is 3.34. The maximum atomic E-state index is 13.3. The van der Waals surface area contributed by atoms with Crippen LogP contribution >= 0.6 is 0 Å². The van der Waals surface area contributed by atoms with Gasteiger partial charge in [0.1, 0.15) is 6.10 Å². The molecule has 0 spiro atoms. The second-order valence-electron chi connectivity index (χ2n) is 21.5. The van der Waals surface area contributed by atoms with Gasteiger partial charge in [0, 0.05) is 6.42 Å². The molecule has 0 fully saturated rings. The lowest BCUT2D eigenvalue weighted by molar-refractivity contribution is -0.151. The van der Waals surface area contributed by atoms with E-state index in [4.69, 9.17) is 4.74 Å². The summed E-state index contributed by atoms with van der Waals surface area (Å²) in [5.74, 6) is -0.455. The van der Waals surface area contributed by atoms with Gasteiger partial charge in [0.15, 0.2) is 0 Å². The molecule has 0 aromatic rings. The number of ether oxygens (including phenoxy) is 1. The van der Waals surface area contributed by atoms with Crippen LogP contribution in [0.25, 0.3) is 0 Å². The number of allylic oxidation sites excluding steroid dienone is 4. The molecule has 0 rings (SSSR count). The molecule has 0 radical (unpaired) electrons. The second-order valence-corrected chi connectivity index (χ2v) is 21.5. The minimum Gasteiger partial charge on any atom is -0.462 e. The molecule has 3 N–H and O–H groups in total. The van der Waals surface area contributed by atoms with Gasteiger partial charge >= 0.3 is 5.97 Å². The molecule has 3 atom stereocenters. The zero-order valence-electron chi connectivity index (χ0n) is 46.7. The van der Waals surface area contributed by atoms with Crippen molar-refractivity contribution < 1.29 is 24.5 Å². The molecule has 6 nitrogen and oxygen atoms in total. The Balaban J connectivity index is 4.46. The van der Waals surface area contributed by atoms with E-state index in [0.29, 0.717) is 19.3 Å². The third-order valence-corrected chi connectivity index (χ3v) is 14.5. The Morgan fingerprint density at radius 3 is 1.13 bits per heavy atom. The molecule has 3 unspecified atom stereocenters. The van der Waals surface area contributed by atoms with Gasteiger partial charge in [-0.3, -0.25) is 9.59 Å². The first kappa shape index (κ1) is 67.3. The number of carbonyl (C=O) groups is 2. The van der Waals surface area contributed by atoms with E-state index < -0.39 is 18.2 Å². The number of nitrogens with one attached hydrogen (secondary N) is 1. The molecular formula is C63H121NO5. The lowest BCUT2D eigenvalue weighted by atomic mass is 10.0. The van der Waals surface area contributed by atoms with Gasteiger partial charge in [0.05, 0.1) is 25.2 Å². The fourth-order valence-corrected chi connectivity index (χ4v) is 9.82. The van der Waals surface area contributed by atoms with Crippen LogP contribution in [0.15, 0.2) is 24.3 Å². The summed E-state index contributed by atoms with van der Waals surface area (Å²) in [4.78, 5) is 26.3. The van der Waals surface area contributed by atoms with E-state index >= 15 is 0 Å². The lowest BCUT2D eigenvalue weighted by Gasteiger charge is -2.24. The normalized spacial score (nSPS) is 13.2. The number of unbranched alkanes of at least 4 members (excludes halogenated alkanes) is 41. The highest BCUT2D eigenvalue weighted by molar-refractivity contribution is 5.77. The van der Waals surface area contributed by atoms with E-state index in [-0.39, 0.29) is 24.9 Å². The highest BCUT2D eigenvalue weighted by Crippen LogP contribution is 2.19. The van der Waals surface area contributed by atoms with Gasteiger partial charge in [-0.05, 0) is 57.8 Å².